The number of piperidine rings is 1. The van der Waals surface area contributed by atoms with Crippen molar-refractivity contribution >= 4 is 5.97 Å². The highest BCUT2D eigenvalue weighted by Gasteiger charge is 2.52. The molecule has 2 fully saturated rings. The number of hydrogen-bond acceptors (Lipinski definition) is 4. The molecule has 21 heavy (non-hydrogen) atoms. The van der Waals surface area contributed by atoms with Crippen molar-refractivity contribution in [2.24, 2.45) is 5.92 Å². The fraction of sp³-hybridized carbons (Fsp3) is 0.938. The molecule has 0 aromatic heterocycles. The molecule has 5 heteroatoms. The summed E-state index contributed by atoms with van der Waals surface area (Å²) in [4.78, 5) is 16.7. The molecule has 0 aromatic rings. The quantitative estimate of drug-likeness (QED) is 0.740. The molecule has 0 amide bonds. The predicted molar refractivity (Wildman–Crippen MR) is 84.5 cm³/mol. The average Bonchev–Trinajstić information content (AvgIpc) is 3.21. The summed E-state index contributed by atoms with van der Waals surface area (Å²) in [7, 11) is 4.23. The highest BCUT2D eigenvalue weighted by atomic mass is 16.4. The average molecular weight is 297 g/mol. The van der Waals surface area contributed by atoms with Gasteiger partial charge in [-0.3, -0.25) is 15.0 Å². The van der Waals surface area contributed by atoms with Crippen LogP contribution in [0.5, 0.6) is 0 Å². The van der Waals surface area contributed by atoms with E-state index >= 15 is 0 Å². The maximum atomic E-state index is 12.0. The molecule has 1 saturated heterocycles. The van der Waals surface area contributed by atoms with E-state index < -0.39 is 11.5 Å². The monoisotopic (exact) mass is 297 g/mol. The summed E-state index contributed by atoms with van der Waals surface area (Å²) in [6, 6.07) is 0.736. The van der Waals surface area contributed by atoms with E-state index in [1.807, 2.05) is 13.8 Å². The summed E-state index contributed by atoms with van der Waals surface area (Å²) in [5.41, 5.74) is -0.762. The molecule has 1 saturated carbocycles. The van der Waals surface area contributed by atoms with E-state index in [2.05, 4.69) is 29.2 Å². The first kappa shape index (κ1) is 16.7. The van der Waals surface area contributed by atoms with E-state index in [0.717, 1.165) is 32.4 Å². The number of hydrogen-bond donors (Lipinski definition) is 2. The maximum Gasteiger partial charge on any atom is 0.325 e. The topological polar surface area (TPSA) is 55.8 Å². The number of nitrogens with one attached hydrogen (secondary N) is 1. The number of carboxylic acid groups (broad SMARTS) is 1. The first-order valence-corrected chi connectivity index (χ1v) is 8.25. The van der Waals surface area contributed by atoms with Gasteiger partial charge in [0, 0.05) is 25.2 Å². The second kappa shape index (κ2) is 6.63. The van der Waals surface area contributed by atoms with E-state index in [9.17, 15) is 9.90 Å². The van der Waals surface area contributed by atoms with Crippen LogP contribution >= 0.6 is 0 Å². The Morgan fingerprint density at radius 1 is 1.38 bits per heavy atom. The zero-order valence-electron chi connectivity index (χ0n) is 13.9. The first-order valence-electron chi connectivity index (χ1n) is 8.25. The van der Waals surface area contributed by atoms with E-state index in [1.165, 1.54) is 6.42 Å². The molecule has 2 N–H and O–H groups in total. The smallest absolute Gasteiger partial charge is 0.325 e. The number of rotatable bonds is 7. The van der Waals surface area contributed by atoms with Crippen LogP contribution in [-0.4, -0.2) is 72.2 Å². The van der Waals surface area contributed by atoms with Crippen LogP contribution in [0.3, 0.4) is 0 Å². The fourth-order valence-electron chi connectivity index (χ4n) is 3.64. The minimum Gasteiger partial charge on any atom is -0.480 e. The molecular formula is C16H31N3O2. The van der Waals surface area contributed by atoms with Crippen LogP contribution in [-0.2, 0) is 4.79 Å². The Balaban J connectivity index is 2.09. The lowest BCUT2D eigenvalue weighted by Gasteiger charge is -2.42. The van der Waals surface area contributed by atoms with Crippen LogP contribution in [0.4, 0.5) is 0 Å². The Bertz CT molecular complexity index is 369. The Morgan fingerprint density at radius 2 is 2.05 bits per heavy atom. The van der Waals surface area contributed by atoms with Crippen molar-refractivity contribution in [1.82, 2.24) is 15.1 Å². The second-order valence-electron chi connectivity index (χ2n) is 7.34. The van der Waals surface area contributed by atoms with Gasteiger partial charge in [0.05, 0.1) is 0 Å². The van der Waals surface area contributed by atoms with E-state index in [-0.39, 0.29) is 12.0 Å². The lowest BCUT2D eigenvalue weighted by Crippen LogP contribution is -2.64. The number of likely N-dealkylation sites (tertiary alicyclic amines) is 1. The number of carboxylic acids is 1. The third-order valence-corrected chi connectivity index (χ3v) is 4.89. The van der Waals surface area contributed by atoms with Crippen molar-refractivity contribution in [1.29, 1.82) is 0 Å². The number of aliphatic carboxylic acids is 1. The lowest BCUT2D eigenvalue weighted by atomic mass is 9.90. The normalized spacial score (nSPS) is 27.0. The van der Waals surface area contributed by atoms with Gasteiger partial charge < -0.3 is 10.0 Å². The summed E-state index contributed by atoms with van der Waals surface area (Å²) >= 11 is 0. The molecule has 2 aliphatic rings. The van der Waals surface area contributed by atoms with Crippen LogP contribution in [0.1, 0.15) is 39.5 Å². The SMILES string of the molecule is CC(C)NC(CN1CCCC(N(C)C)C1)(C(=O)O)C1CC1. The largest absolute Gasteiger partial charge is 0.480 e. The summed E-state index contributed by atoms with van der Waals surface area (Å²) < 4.78 is 0. The van der Waals surface area contributed by atoms with Crippen molar-refractivity contribution < 1.29 is 9.90 Å². The molecule has 2 unspecified atom stereocenters. The predicted octanol–water partition coefficient (Wildman–Crippen LogP) is 1.24. The second-order valence-corrected chi connectivity index (χ2v) is 7.34. The van der Waals surface area contributed by atoms with Crippen molar-refractivity contribution in [3.8, 4) is 0 Å². The molecule has 5 nitrogen and oxygen atoms in total. The molecule has 1 aliphatic heterocycles. The summed E-state index contributed by atoms with van der Waals surface area (Å²) in [6.07, 6.45) is 4.45. The van der Waals surface area contributed by atoms with Crippen LogP contribution in [0, 0.1) is 5.92 Å². The standard InChI is InChI=1S/C16H31N3O2/c1-12(2)17-16(15(20)21,13-7-8-13)11-19-9-5-6-14(10-19)18(3)4/h12-14,17H,5-11H2,1-4H3,(H,20,21). The molecule has 0 radical (unpaired) electrons. The zero-order valence-corrected chi connectivity index (χ0v) is 13.9. The Labute approximate surface area is 128 Å². The highest BCUT2D eigenvalue weighted by Crippen LogP contribution is 2.41. The molecule has 0 spiro atoms. The molecule has 1 aliphatic carbocycles. The molecular weight excluding hydrogens is 266 g/mol. The van der Waals surface area contributed by atoms with Gasteiger partial charge in [0.25, 0.3) is 0 Å². The lowest BCUT2D eigenvalue weighted by molar-refractivity contribution is -0.147. The van der Waals surface area contributed by atoms with Gasteiger partial charge in [-0.15, -0.1) is 0 Å². The summed E-state index contributed by atoms with van der Waals surface area (Å²) in [5.74, 6) is -0.386. The van der Waals surface area contributed by atoms with Gasteiger partial charge >= 0.3 is 5.97 Å². The summed E-state index contributed by atoms with van der Waals surface area (Å²) in [6.45, 7) is 6.72. The molecule has 0 bridgehead atoms. The molecule has 2 rings (SSSR count). The van der Waals surface area contributed by atoms with Crippen molar-refractivity contribution in [3.05, 3.63) is 0 Å². The van der Waals surface area contributed by atoms with E-state index in [1.54, 1.807) is 0 Å². The number of nitrogens with zero attached hydrogens (tertiary/aromatic N) is 2. The van der Waals surface area contributed by atoms with Crippen LogP contribution < -0.4 is 5.32 Å². The van der Waals surface area contributed by atoms with Crippen molar-refractivity contribution in [2.45, 2.75) is 57.2 Å². The Morgan fingerprint density at radius 3 is 2.52 bits per heavy atom. The maximum absolute atomic E-state index is 12.0. The highest BCUT2D eigenvalue weighted by molar-refractivity contribution is 5.80. The van der Waals surface area contributed by atoms with Crippen LogP contribution in [0.2, 0.25) is 0 Å². The first-order chi connectivity index (χ1) is 9.85. The Hall–Kier alpha value is -0.650. The number of carbonyl (C=O) groups is 1. The van der Waals surface area contributed by atoms with Crippen molar-refractivity contribution in [2.75, 3.05) is 33.7 Å². The summed E-state index contributed by atoms with van der Waals surface area (Å²) in [5, 5.41) is 13.3. The minimum absolute atomic E-state index is 0.191. The fourth-order valence-corrected chi connectivity index (χ4v) is 3.64. The van der Waals surface area contributed by atoms with Crippen molar-refractivity contribution in [3.63, 3.8) is 0 Å². The van der Waals surface area contributed by atoms with Crippen LogP contribution in [0.15, 0.2) is 0 Å². The van der Waals surface area contributed by atoms with Crippen LogP contribution in [0.25, 0.3) is 0 Å². The Kier molecular flexibility index (Phi) is 5.28. The van der Waals surface area contributed by atoms with E-state index in [0.29, 0.717) is 12.6 Å². The van der Waals surface area contributed by atoms with Gasteiger partial charge in [-0.05, 0) is 66.1 Å². The molecule has 1 heterocycles. The third-order valence-electron chi connectivity index (χ3n) is 4.89. The van der Waals surface area contributed by atoms with Gasteiger partial charge in [-0.25, -0.2) is 0 Å². The zero-order chi connectivity index (χ0) is 15.6. The van der Waals surface area contributed by atoms with E-state index in [4.69, 9.17) is 0 Å². The molecule has 122 valence electrons. The molecule has 2 atom stereocenters. The van der Waals surface area contributed by atoms with Gasteiger partial charge in [0.1, 0.15) is 5.54 Å². The third kappa shape index (κ3) is 3.96. The van der Waals surface area contributed by atoms with Gasteiger partial charge in [0.2, 0.25) is 0 Å². The molecule has 0 aromatic carbocycles. The van der Waals surface area contributed by atoms with Gasteiger partial charge in [-0.2, -0.15) is 0 Å². The number of likely N-dealkylation sites (N-methyl/N-ethyl adjacent to an activating group) is 1. The minimum atomic E-state index is -0.762. The van der Waals surface area contributed by atoms with Gasteiger partial charge in [-0.1, -0.05) is 0 Å². The van der Waals surface area contributed by atoms with Gasteiger partial charge in [0.15, 0.2) is 0 Å².